The van der Waals surface area contributed by atoms with E-state index in [0.717, 1.165) is 60.9 Å². The molecule has 0 N–H and O–H groups in total. The average molecular weight is 602 g/mol. The van der Waals surface area contributed by atoms with Crippen LogP contribution in [0, 0.1) is 0 Å². The maximum atomic E-state index is 6.37. The fourth-order valence-corrected chi connectivity index (χ4v) is 6.30. The molecule has 0 aliphatic rings. The van der Waals surface area contributed by atoms with Crippen LogP contribution in [0.4, 0.5) is 0 Å². The van der Waals surface area contributed by atoms with Gasteiger partial charge in [0.1, 0.15) is 11.2 Å². The molecule has 0 bridgehead atoms. The first-order chi connectivity index (χ1) is 23.2. The SMILES string of the molecule is c1ccc(-c2nc(-c3ccccc3)nc(-c3cccc(-c4cccc(-c5ccc6c(c5)oc5cc7ccccc7cc56)c4)c3)n2)cc1. The van der Waals surface area contributed by atoms with Gasteiger partial charge in [-0.05, 0) is 69.4 Å². The Balaban J connectivity index is 1.10. The van der Waals surface area contributed by atoms with E-state index >= 15 is 0 Å². The van der Waals surface area contributed by atoms with Crippen LogP contribution < -0.4 is 0 Å². The van der Waals surface area contributed by atoms with Crippen molar-refractivity contribution in [2.24, 2.45) is 0 Å². The molecule has 9 rings (SSSR count). The van der Waals surface area contributed by atoms with E-state index in [0.29, 0.717) is 17.5 Å². The topological polar surface area (TPSA) is 51.8 Å². The van der Waals surface area contributed by atoms with E-state index in [-0.39, 0.29) is 0 Å². The summed E-state index contributed by atoms with van der Waals surface area (Å²) in [5.41, 5.74) is 9.06. The molecule has 0 fully saturated rings. The van der Waals surface area contributed by atoms with Crippen molar-refractivity contribution in [2.45, 2.75) is 0 Å². The van der Waals surface area contributed by atoms with Crippen LogP contribution >= 0.6 is 0 Å². The predicted octanol–water partition coefficient (Wildman–Crippen LogP) is 11.3. The van der Waals surface area contributed by atoms with Crippen molar-refractivity contribution < 1.29 is 4.42 Å². The highest BCUT2D eigenvalue weighted by Crippen LogP contribution is 2.36. The van der Waals surface area contributed by atoms with Gasteiger partial charge in [0, 0.05) is 27.5 Å². The van der Waals surface area contributed by atoms with Crippen molar-refractivity contribution >= 4 is 32.7 Å². The molecule has 0 saturated heterocycles. The van der Waals surface area contributed by atoms with Gasteiger partial charge in [0.05, 0.1) is 0 Å². The van der Waals surface area contributed by atoms with E-state index in [1.807, 2.05) is 60.7 Å². The van der Waals surface area contributed by atoms with Crippen molar-refractivity contribution in [3.05, 3.63) is 164 Å². The predicted molar refractivity (Wildman–Crippen MR) is 192 cm³/mol. The molecule has 2 aromatic heterocycles. The van der Waals surface area contributed by atoms with E-state index in [1.54, 1.807) is 0 Å². The fourth-order valence-electron chi connectivity index (χ4n) is 6.30. The first-order valence-corrected chi connectivity index (χ1v) is 15.7. The van der Waals surface area contributed by atoms with E-state index in [9.17, 15) is 0 Å². The average Bonchev–Trinajstić information content (AvgIpc) is 3.51. The van der Waals surface area contributed by atoms with Crippen LogP contribution in [0.2, 0.25) is 0 Å². The van der Waals surface area contributed by atoms with Gasteiger partial charge in [-0.15, -0.1) is 0 Å². The molecular formula is C43H27N3O. The number of nitrogens with zero attached hydrogens (tertiary/aromatic N) is 3. The molecule has 0 aliphatic carbocycles. The van der Waals surface area contributed by atoms with Gasteiger partial charge in [-0.25, -0.2) is 15.0 Å². The number of benzene rings is 7. The van der Waals surface area contributed by atoms with Crippen LogP contribution in [0.15, 0.2) is 168 Å². The summed E-state index contributed by atoms with van der Waals surface area (Å²) in [5.74, 6) is 1.94. The Labute approximate surface area is 271 Å². The highest BCUT2D eigenvalue weighted by atomic mass is 16.3. The molecule has 0 saturated carbocycles. The smallest absolute Gasteiger partial charge is 0.164 e. The largest absolute Gasteiger partial charge is 0.456 e. The standard InChI is InChI=1S/C43H27N3O/c1-3-11-28(12-4-1)41-44-42(29-13-5-2-6-14-29)46-43(45-41)36-20-10-19-32(24-36)30-17-9-18-31(23-30)35-21-22-37-38-25-33-15-7-8-16-34(33)26-40(38)47-39(37)27-35/h1-27H. The van der Waals surface area contributed by atoms with Gasteiger partial charge >= 0.3 is 0 Å². The molecule has 0 radical (unpaired) electrons. The Kier molecular flexibility index (Phi) is 6.43. The summed E-state index contributed by atoms with van der Waals surface area (Å²) in [7, 11) is 0. The van der Waals surface area contributed by atoms with Gasteiger partial charge < -0.3 is 4.42 Å². The summed E-state index contributed by atoms with van der Waals surface area (Å²) in [6.45, 7) is 0. The number of hydrogen-bond donors (Lipinski definition) is 0. The number of rotatable bonds is 5. The molecular weight excluding hydrogens is 574 g/mol. The molecule has 4 nitrogen and oxygen atoms in total. The number of furan rings is 1. The number of hydrogen-bond acceptors (Lipinski definition) is 4. The zero-order valence-corrected chi connectivity index (χ0v) is 25.3. The van der Waals surface area contributed by atoms with Crippen molar-refractivity contribution in [3.8, 4) is 56.4 Å². The Morgan fingerprint density at radius 2 is 0.745 bits per heavy atom. The van der Waals surface area contributed by atoms with Crippen molar-refractivity contribution in [2.75, 3.05) is 0 Å². The number of aromatic nitrogens is 3. The van der Waals surface area contributed by atoms with Crippen LogP contribution in [-0.4, -0.2) is 15.0 Å². The molecule has 0 spiro atoms. The van der Waals surface area contributed by atoms with E-state index < -0.39 is 0 Å². The maximum Gasteiger partial charge on any atom is 0.164 e. The first kappa shape index (κ1) is 27.0. The second-order valence-corrected chi connectivity index (χ2v) is 11.7. The van der Waals surface area contributed by atoms with Gasteiger partial charge in [0.2, 0.25) is 0 Å². The lowest BCUT2D eigenvalue weighted by Gasteiger charge is -2.10. The lowest BCUT2D eigenvalue weighted by Crippen LogP contribution is -2.00. The third kappa shape index (κ3) is 5.02. The maximum absolute atomic E-state index is 6.37. The summed E-state index contributed by atoms with van der Waals surface area (Å²) in [6.07, 6.45) is 0. The molecule has 47 heavy (non-hydrogen) atoms. The second-order valence-electron chi connectivity index (χ2n) is 11.7. The van der Waals surface area contributed by atoms with Crippen LogP contribution in [-0.2, 0) is 0 Å². The van der Waals surface area contributed by atoms with Gasteiger partial charge in [-0.3, -0.25) is 0 Å². The van der Waals surface area contributed by atoms with Crippen LogP contribution in [0.1, 0.15) is 0 Å². The Morgan fingerprint density at radius 1 is 0.298 bits per heavy atom. The summed E-state index contributed by atoms with van der Waals surface area (Å²) in [4.78, 5) is 14.7. The molecule has 0 atom stereocenters. The highest BCUT2D eigenvalue weighted by molar-refractivity contribution is 6.10. The Morgan fingerprint density at radius 3 is 1.36 bits per heavy atom. The minimum atomic E-state index is 0.638. The summed E-state index contributed by atoms with van der Waals surface area (Å²) in [6, 6.07) is 56.4. The molecule has 0 unspecified atom stereocenters. The van der Waals surface area contributed by atoms with Gasteiger partial charge in [0.25, 0.3) is 0 Å². The Bertz CT molecular complexity index is 2510. The van der Waals surface area contributed by atoms with Gasteiger partial charge in [-0.1, -0.05) is 127 Å². The quantitative estimate of drug-likeness (QED) is 0.197. The Hall–Kier alpha value is -6.39. The summed E-state index contributed by atoms with van der Waals surface area (Å²) in [5, 5.41) is 4.66. The molecule has 9 aromatic rings. The molecule has 0 amide bonds. The second kappa shape index (κ2) is 11.2. The van der Waals surface area contributed by atoms with Crippen molar-refractivity contribution in [1.82, 2.24) is 15.0 Å². The van der Waals surface area contributed by atoms with Gasteiger partial charge in [-0.2, -0.15) is 0 Å². The van der Waals surface area contributed by atoms with Crippen molar-refractivity contribution in [3.63, 3.8) is 0 Å². The van der Waals surface area contributed by atoms with Crippen molar-refractivity contribution in [1.29, 1.82) is 0 Å². The van der Waals surface area contributed by atoms with Crippen LogP contribution in [0.3, 0.4) is 0 Å². The molecule has 220 valence electrons. The first-order valence-electron chi connectivity index (χ1n) is 15.7. The summed E-state index contributed by atoms with van der Waals surface area (Å²) >= 11 is 0. The fraction of sp³-hybridized carbons (Fsp3) is 0. The molecule has 7 aromatic carbocycles. The molecule has 4 heteroatoms. The zero-order chi connectivity index (χ0) is 31.2. The van der Waals surface area contributed by atoms with E-state index in [2.05, 4.69) is 103 Å². The normalized spacial score (nSPS) is 11.4. The highest BCUT2D eigenvalue weighted by Gasteiger charge is 2.14. The minimum Gasteiger partial charge on any atom is -0.456 e. The lowest BCUT2D eigenvalue weighted by atomic mass is 9.97. The van der Waals surface area contributed by atoms with Crippen LogP contribution in [0.5, 0.6) is 0 Å². The lowest BCUT2D eigenvalue weighted by molar-refractivity contribution is 0.669. The van der Waals surface area contributed by atoms with Gasteiger partial charge in [0.15, 0.2) is 17.5 Å². The van der Waals surface area contributed by atoms with Crippen LogP contribution in [0.25, 0.3) is 89.1 Å². The molecule has 2 heterocycles. The number of fused-ring (bicyclic) bond motifs is 4. The zero-order valence-electron chi connectivity index (χ0n) is 25.3. The molecule has 0 aliphatic heterocycles. The van der Waals surface area contributed by atoms with E-state index in [4.69, 9.17) is 19.4 Å². The summed E-state index contributed by atoms with van der Waals surface area (Å²) < 4.78 is 6.37. The minimum absolute atomic E-state index is 0.638. The monoisotopic (exact) mass is 601 g/mol. The third-order valence-electron chi connectivity index (χ3n) is 8.69. The van der Waals surface area contributed by atoms with E-state index in [1.165, 1.54) is 10.8 Å². The third-order valence-corrected chi connectivity index (χ3v) is 8.69.